The number of benzene rings is 1. The molecule has 0 spiro atoms. The van der Waals surface area contributed by atoms with Crippen molar-refractivity contribution in [2.24, 2.45) is 0 Å². The van der Waals surface area contributed by atoms with E-state index in [1.165, 1.54) is 5.56 Å². The number of aromatic nitrogens is 2. The zero-order chi connectivity index (χ0) is 14.2. The van der Waals surface area contributed by atoms with Crippen molar-refractivity contribution in [2.45, 2.75) is 40.0 Å². The molecule has 0 saturated carbocycles. The van der Waals surface area contributed by atoms with Crippen LogP contribution in [0.2, 0.25) is 0 Å². The highest BCUT2D eigenvalue weighted by Gasteiger charge is 2.14. The second-order valence-electron chi connectivity index (χ2n) is 5.98. The van der Waals surface area contributed by atoms with Crippen LogP contribution < -0.4 is 5.56 Å². The number of hydrogen-bond donors (Lipinski definition) is 1. The largest absolute Gasteiger partial charge is 0.268 e. The van der Waals surface area contributed by atoms with Gasteiger partial charge in [-0.3, -0.25) is 4.79 Å². The van der Waals surface area contributed by atoms with Gasteiger partial charge in [-0.2, -0.15) is 5.10 Å². The molecule has 100 valence electrons. The topological polar surface area (TPSA) is 45.8 Å². The van der Waals surface area contributed by atoms with Crippen molar-refractivity contribution in [1.82, 2.24) is 10.2 Å². The van der Waals surface area contributed by atoms with Crippen LogP contribution in [-0.2, 0) is 5.41 Å². The molecule has 3 nitrogen and oxygen atoms in total. The molecule has 1 N–H and O–H groups in total. The maximum absolute atomic E-state index is 11.5. The van der Waals surface area contributed by atoms with E-state index in [9.17, 15) is 4.79 Å². The van der Waals surface area contributed by atoms with Gasteiger partial charge in [-0.15, -0.1) is 0 Å². The fourth-order valence-corrected chi connectivity index (χ4v) is 2.03. The van der Waals surface area contributed by atoms with E-state index in [0.29, 0.717) is 0 Å². The van der Waals surface area contributed by atoms with Gasteiger partial charge in [-0.05, 0) is 30.4 Å². The molecule has 3 heteroatoms. The quantitative estimate of drug-likeness (QED) is 0.850. The number of rotatable bonds is 1. The van der Waals surface area contributed by atoms with E-state index in [-0.39, 0.29) is 11.0 Å². The molecule has 0 aliphatic carbocycles. The summed E-state index contributed by atoms with van der Waals surface area (Å²) in [6.07, 6.45) is 0. The molecule has 0 aliphatic heterocycles. The van der Waals surface area contributed by atoms with E-state index in [2.05, 4.69) is 55.2 Å². The Bertz CT molecular complexity index is 646. The summed E-state index contributed by atoms with van der Waals surface area (Å²) in [6, 6.07) is 8.37. The van der Waals surface area contributed by atoms with Gasteiger partial charge in [0.15, 0.2) is 0 Å². The van der Waals surface area contributed by atoms with Crippen LogP contribution in [0, 0.1) is 13.8 Å². The summed E-state index contributed by atoms with van der Waals surface area (Å²) in [5.41, 5.74) is 4.85. The highest BCUT2D eigenvalue weighted by molar-refractivity contribution is 5.63. The second kappa shape index (κ2) is 4.65. The maximum Gasteiger partial charge on any atom is 0.267 e. The van der Waals surface area contributed by atoms with Crippen LogP contribution in [-0.4, -0.2) is 10.2 Å². The van der Waals surface area contributed by atoms with Crippen LogP contribution in [0.15, 0.2) is 29.1 Å². The zero-order valence-electron chi connectivity index (χ0n) is 12.2. The predicted octanol–water partition coefficient (Wildman–Crippen LogP) is 3.35. The molecule has 0 unspecified atom stereocenters. The minimum absolute atomic E-state index is 0.118. The fraction of sp³-hybridized carbons (Fsp3) is 0.375. The lowest BCUT2D eigenvalue weighted by atomic mass is 9.86. The zero-order valence-corrected chi connectivity index (χ0v) is 12.2. The van der Waals surface area contributed by atoms with Gasteiger partial charge < -0.3 is 0 Å². The lowest BCUT2D eigenvalue weighted by Gasteiger charge is -2.19. The Kier molecular flexibility index (Phi) is 3.31. The molecule has 1 heterocycles. The summed E-state index contributed by atoms with van der Waals surface area (Å²) in [7, 11) is 0. The molecule has 0 aliphatic rings. The first-order valence-electron chi connectivity index (χ1n) is 6.47. The number of H-pyrrole nitrogens is 1. The summed E-state index contributed by atoms with van der Waals surface area (Å²) in [4.78, 5) is 11.5. The molecule has 0 bridgehead atoms. The molecule has 19 heavy (non-hydrogen) atoms. The molecule has 0 amide bonds. The van der Waals surface area contributed by atoms with Crippen molar-refractivity contribution in [3.63, 3.8) is 0 Å². The minimum atomic E-state index is -0.118. The fourth-order valence-electron chi connectivity index (χ4n) is 2.03. The summed E-state index contributed by atoms with van der Waals surface area (Å²) in [5, 5.41) is 6.71. The standard InChI is InChI=1S/C16H20N2O/c1-10-11(2)15(19)18-17-14(10)12-6-8-13(9-7-12)16(3,4)5/h6-9H,1-5H3,(H,18,19). The number of aromatic amines is 1. The molecule has 0 atom stereocenters. The second-order valence-corrected chi connectivity index (χ2v) is 5.98. The molecule has 1 aromatic heterocycles. The average Bonchev–Trinajstić information content (AvgIpc) is 2.35. The van der Waals surface area contributed by atoms with Gasteiger partial charge in [0, 0.05) is 11.1 Å². The molecular formula is C16H20N2O. The molecule has 0 fully saturated rings. The summed E-state index contributed by atoms with van der Waals surface area (Å²) < 4.78 is 0. The van der Waals surface area contributed by atoms with Gasteiger partial charge in [0.25, 0.3) is 5.56 Å². The van der Waals surface area contributed by atoms with Crippen molar-refractivity contribution < 1.29 is 0 Å². The summed E-state index contributed by atoms with van der Waals surface area (Å²) in [6.45, 7) is 10.3. The number of nitrogens with zero attached hydrogens (tertiary/aromatic N) is 1. The first-order chi connectivity index (χ1) is 8.80. The summed E-state index contributed by atoms with van der Waals surface area (Å²) in [5.74, 6) is 0. The third kappa shape index (κ3) is 2.60. The van der Waals surface area contributed by atoms with Gasteiger partial charge in [0.1, 0.15) is 0 Å². The third-order valence-corrected chi connectivity index (χ3v) is 3.55. The Morgan fingerprint density at radius 2 is 1.58 bits per heavy atom. The van der Waals surface area contributed by atoms with Crippen LogP contribution in [0.25, 0.3) is 11.3 Å². The van der Waals surface area contributed by atoms with Gasteiger partial charge in [-0.25, -0.2) is 5.10 Å². The first-order valence-corrected chi connectivity index (χ1v) is 6.47. The van der Waals surface area contributed by atoms with Crippen molar-refractivity contribution in [3.05, 3.63) is 51.3 Å². The minimum Gasteiger partial charge on any atom is -0.268 e. The van der Waals surface area contributed by atoms with Gasteiger partial charge in [0.2, 0.25) is 0 Å². The Morgan fingerprint density at radius 3 is 2.11 bits per heavy atom. The van der Waals surface area contributed by atoms with Crippen LogP contribution in [0.5, 0.6) is 0 Å². The number of nitrogens with one attached hydrogen (secondary N) is 1. The SMILES string of the molecule is Cc1c(-c2ccc(C(C)(C)C)cc2)n[nH]c(=O)c1C. The lowest BCUT2D eigenvalue weighted by molar-refractivity contribution is 0.590. The molecule has 0 radical (unpaired) electrons. The monoisotopic (exact) mass is 256 g/mol. The van der Waals surface area contributed by atoms with E-state index < -0.39 is 0 Å². The van der Waals surface area contributed by atoms with E-state index in [4.69, 9.17) is 0 Å². The van der Waals surface area contributed by atoms with E-state index >= 15 is 0 Å². The molecule has 1 aromatic carbocycles. The average molecular weight is 256 g/mol. The van der Waals surface area contributed by atoms with E-state index in [1.54, 1.807) is 0 Å². The van der Waals surface area contributed by atoms with Gasteiger partial charge in [-0.1, -0.05) is 45.0 Å². The lowest BCUT2D eigenvalue weighted by Crippen LogP contribution is -2.14. The summed E-state index contributed by atoms with van der Waals surface area (Å²) >= 11 is 0. The van der Waals surface area contributed by atoms with Gasteiger partial charge >= 0.3 is 0 Å². The Balaban J connectivity index is 2.49. The van der Waals surface area contributed by atoms with Crippen LogP contribution in [0.4, 0.5) is 0 Å². The maximum atomic E-state index is 11.5. The highest BCUT2D eigenvalue weighted by atomic mass is 16.1. The molecule has 2 rings (SSSR count). The van der Waals surface area contributed by atoms with Crippen LogP contribution >= 0.6 is 0 Å². The smallest absolute Gasteiger partial charge is 0.267 e. The molecule has 2 aromatic rings. The van der Waals surface area contributed by atoms with Crippen molar-refractivity contribution >= 4 is 0 Å². The van der Waals surface area contributed by atoms with Crippen molar-refractivity contribution in [1.29, 1.82) is 0 Å². The highest BCUT2D eigenvalue weighted by Crippen LogP contribution is 2.26. The van der Waals surface area contributed by atoms with Gasteiger partial charge in [0.05, 0.1) is 5.69 Å². The Morgan fingerprint density at radius 1 is 1.00 bits per heavy atom. The van der Waals surface area contributed by atoms with Crippen molar-refractivity contribution in [2.75, 3.05) is 0 Å². The first kappa shape index (κ1) is 13.5. The van der Waals surface area contributed by atoms with Crippen molar-refractivity contribution in [3.8, 4) is 11.3 Å². The number of hydrogen-bond acceptors (Lipinski definition) is 2. The normalized spacial score (nSPS) is 11.6. The molecule has 0 saturated heterocycles. The Labute approximate surface area is 113 Å². The van der Waals surface area contributed by atoms with Crippen LogP contribution in [0.3, 0.4) is 0 Å². The van der Waals surface area contributed by atoms with E-state index in [0.717, 1.165) is 22.4 Å². The predicted molar refractivity (Wildman–Crippen MR) is 78.5 cm³/mol. The van der Waals surface area contributed by atoms with Crippen LogP contribution in [0.1, 0.15) is 37.5 Å². The van der Waals surface area contributed by atoms with E-state index in [1.807, 2.05) is 13.8 Å². The third-order valence-electron chi connectivity index (χ3n) is 3.55. The Hall–Kier alpha value is -1.90. The molecular weight excluding hydrogens is 236 g/mol.